The van der Waals surface area contributed by atoms with Crippen molar-refractivity contribution in [3.05, 3.63) is 10.4 Å². The van der Waals surface area contributed by atoms with Crippen LogP contribution in [0.3, 0.4) is 0 Å². The molecule has 0 saturated carbocycles. The number of nitrogens with zero attached hydrogens (tertiary/aromatic N) is 3. The minimum absolute atomic E-state index is 0.0856. The fourth-order valence-electron chi connectivity index (χ4n) is 3.38. The average molecular weight is 423 g/mol. The molecule has 0 bridgehead atoms. The van der Waals surface area contributed by atoms with Gasteiger partial charge < -0.3 is 15.0 Å². The monoisotopic (exact) mass is 422 g/mol. The quantitative estimate of drug-likeness (QED) is 0.323. The third-order valence-corrected chi connectivity index (χ3v) is 7.40. The van der Waals surface area contributed by atoms with Crippen LogP contribution in [0.2, 0.25) is 0 Å². The van der Waals surface area contributed by atoms with Crippen molar-refractivity contribution in [1.82, 2.24) is 14.9 Å². The highest BCUT2D eigenvalue weighted by atomic mass is 32.2. The zero-order valence-corrected chi connectivity index (χ0v) is 19.6. The van der Waals surface area contributed by atoms with E-state index in [4.69, 9.17) is 14.7 Å². The molecule has 0 radical (unpaired) electrons. The number of thioether (sulfide) groups is 1. The molecule has 0 aliphatic carbocycles. The van der Waals surface area contributed by atoms with Gasteiger partial charge in [-0.05, 0) is 52.4 Å². The van der Waals surface area contributed by atoms with Gasteiger partial charge in [0.05, 0.1) is 17.6 Å². The first-order valence-corrected chi connectivity index (χ1v) is 12.2. The molecule has 156 valence electrons. The summed E-state index contributed by atoms with van der Waals surface area (Å²) in [5.41, 5.74) is 1.31. The van der Waals surface area contributed by atoms with Gasteiger partial charge in [0.25, 0.3) is 0 Å². The molecule has 28 heavy (non-hydrogen) atoms. The summed E-state index contributed by atoms with van der Waals surface area (Å²) in [4.78, 5) is 14.5. The van der Waals surface area contributed by atoms with Crippen LogP contribution in [-0.4, -0.2) is 53.4 Å². The summed E-state index contributed by atoms with van der Waals surface area (Å²) in [7, 11) is 4.23. The zero-order valence-electron chi connectivity index (χ0n) is 17.9. The summed E-state index contributed by atoms with van der Waals surface area (Å²) in [5, 5.41) is 5.76. The molecule has 3 rings (SSSR count). The van der Waals surface area contributed by atoms with Crippen LogP contribution in [0, 0.1) is 0 Å². The molecule has 7 heteroatoms. The number of fused-ring (bicyclic) bond motifs is 3. The topological polar surface area (TPSA) is 50.3 Å². The summed E-state index contributed by atoms with van der Waals surface area (Å²) < 4.78 is 6.18. The summed E-state index contributed by atoms with van der Waals surface area (Å²) >= 11 is 3.56. The van der Waals surface area contributed by atoms with Crippen molar-refractivity contribution in [2.24, 2.45) is 0 Å². The van der Waals surface area contributed by atoms with Gasteiger partial charge in [0.1, 0.15) is 10.6 Å². The maximum atomic E-state index is 6.18. The molecule has 1 aliphatic heterocycles. The Bertz CT molecular complexity index is 792. The summed E-state index contributed by atoms with van der Waals surface area (Å²) in [5.74, 6) is 2.09. The van der Waals surface area contributed by atoms with E-state index in [0.29, 0.717) is 6.61 Å². The van der Waals surface area contributed by atoms with E-state index in [1.54, 1.807) is 23.1 Å². The molecule has 0 unspecified atom stereocenters. The Labute approximate surface area is 177 Å². The molecule has 5 nitrogen and oxygen atoms in total. The Morgan fingerprint density at radius 2 is 2.07 bits per heavy atom. The van der Waals surface area contributed by atoms with E-state index >= 15 is 0 Å². The number of thiophene rings is 1. The SMILES string of the molecule is CCCCSc1nc(NCCCN(C)C)c2c3c(sc2n1)CO[C@@](C)(CC)C3. The van der Waals surface area contributed by atoms with E-state index in [0.717, 1.165) is 53.9 Å². The number of unbranched alkanes of at least 4 members (excludes halogenated alkanes) is 1. The van der Waals surface area contributed by atoms with E-state index < -0.39 is 0 Å². The van der Waals surface area contributed by atoms with Crippen LogP contribution in [0.4, 0.5) is 5.82 Å². The molecule has 3 heterocycles. The number of hydrogen-bond acceptors (Lipinski definition) is 7. The molecule has 1 atom stereocenters. The number of anilines is 1. The van der Waals surface area contributed by atoms with Gasteiger partial charge in [-0.3, -0.25) is 0 Å². The molecule has 0 amide bonds. The normalized spacial score (nSPS) is 19.4. The first-order valence-electron chi connectivity index (χ1n) is 10.4. The minimum atomic E-state index is -0.0856. The lowest BCUT2D eigenvalue weighted by molar-refractivity contribution is -0.0542. The predicted molar refractivity (Wildman–Crippen MR) is 122 cm³/mol. The lowest BCUT2D eigenvalue weighted by Crippen LogP contribution is -2.34. The molecular weight excluding hydrogens is 388 g/mol. The number of hydrogen-bond donors (Lipinski definition) is 1. The maximum absolute atomic E-state index is 6.18. The van der Waals surface area contributed by atoms with Gasteiger partial charge in [-0.15, -0.1) is 11.3 Å². The summed E-state index contributed by atoms with van der Waals surface area (Å²) in [6, 6.07) is 0. The molecule has 0 fully saturated rings. The van der Waals surface area contributed by atoms with E-state index in [9.17, 15) is 0 Å². The predicted octanol–water partition coefficient (Wildman–Crippen LogP) is 5.19. The Balaban J connectivity index is 1.91. The van der Waals surface area contributed by atoms with Crippen molar-refractivity contribution >= 4 is 39.1 Å². The fraction of sp³-hybridized carbons (Fsp3) is 0.714. The minimum Gasteiger partial charge on any atom is -0.369 e. The lowest BCUT2D eigenvalue weighted by Gasteiger charge is -2.33. The number of ether oxygens (including phenoxy) is 1. The van der Waals surface area contributed by atoms with Crippen molar-refractivity contribution in [2.75, 3.05) is 38.3 Å². The highest BCUT2D eigenvalue weighted by Gasteiger charge is 2.33. The van der Waals surface area contributed by atoms with Gasteiger partial charge in [0.2, 0.25) is 0 Å². The highest BCUT2D eigenvalue weighted by molar-refractivity contribution is 7.99. The summed E-state index contributed by atoms with van der Waals surface area (Å²) in [6.45, 7) is 9.34. The third kappa shape index (κ3) is 5.17. The standard InChI is InChI=1S/C21H34N4OS2/c1-6-8-12-27-20-23-18(22-10-9-11-25(4)5)17-15-13-21(3,7-2)26-14-16(15)28-19(17)24-20/h6-14H2,1-5H3,(H,22,23,24)/t21-/m0/s1. The van der Waals surface area contributed by atoms with E-state index in [-0.39, 0.29) is 5.60 Å². The second-order valence-corrected chi connectivity index (χ2v) is 10.2. The number of rotatable bonds is 10. The highest BCUT2D eigenvalue weighted by Crippen LogP contribution is 2.42. The third-order valence-electron chi connectivity index (χ3n) is 5.37. The van der Waals surface area contributed by atoms with Crippen LogP contribution >= 0.6 is 23.1 Å². The van der Waals surface area contributed by atoms with Crippen molar-refractivity contribution in [3.63, 3.8) is 0 Å². The molecule has 1 N–H and O–H groups in total. The van der Waals surface area contributed by atoms with E-state index in [1.165, 1.54) is 28.7 Å². The maximum Gasteiger partial charge on any atom is 0.190 e. The molecule has 2 aromatic rings. The van der Waals surface area contributed by atoms with Gasteiger partial charge >= 0.3 is 0 Å². The largest absolute Gasteiger partial charge is 0.369 e. The second-order valence-electron chi connectivity index (χ2n) is 8.09. The lowest BCUT2D eigenvalue weighted by atomic mass is 9.90. The summed E-state index contributed by atoms with van der Waals surface area (Å²) in [6.07, 6.45) is 5.45. The first-order chi connectivity index (χ1) is 13.5. The Hall–Kier alpha value is -0.890. The van der Waals surface area contributed by atoms with Gasteiger partial charge in [0.15, 0.2) is 5.16 Å². The number of aromatic nitrogens is 2. The van der Waals surface area contributed by atoms with Crippen LogP contribution in [-0.2, 0) is 17.8 Å². The van der Waals surface area contributed by atoms with Crippen LogP contribution < -0.4 is 5.32 Å². The van der Waals surface area contributed by atoms with E-state index in [2.05, 4.69) is 45.1 Å². The van der Waals surface area contributed by atoms with Gasteiger partial charge in [-0.25, -0.2) is 9.97 Å². The van der Waals surface area contributed by atoms with E-state index in [1.807, 2.05) is 0 Å². The fourth-order valence-corrected chi connectivity index (χ4v) is 5.47. The number of nitrogens with one attached hydrogen (secondary N) is 1. The first kappa shape index (κ1) is 21.8. The molecule has 1 aliphatic rings. The molecule has 0 aromatic carbocycles. The van der Waals surface area contributed by atoms with Crippen LogP contribution in [0.25, 0.3) is 10.2 Å². The van der Waals surface area contributed by atoms with Crippen molar-refractivity contribution in [1.29, 1.82) is 0 Å². The van der Waals surface area contributed by atoms with Gasteiger partial charge in [-0.1, -0.05) is 32.0 Å². The Morgan fingerprint density at radius 1 is 1.25 bits per heavy atom. The Morgan fingerprint density at radius 3 is 2.79 bits per heavy atom. The molecular formula is C21H34N4OS2. The zero-order chi connectivity index (χ0) is 20.1. The van der Waals surface area contributed by atoms with Crippen LogP contribution in [0.1, 0.15) is 56.9 Å². The van der Waals surface area contributed by atoms with Crippen molar-refractivity contribution < 1.29 is 4.74 Å². The van der Waals surface area contributed by atoms with Crippen LogP contribution in [0.15, 0.2) is 5.16 Å². The average Bonchev–Trinajstić information content (AvgIpc) is 3.02. The second kappa shape index (κ2) is 9.74. The molecule has 2 aromatic heterocycles. The van der Waals surface area contributed by atoms with Crippen LogP contribution in [0.5, 0.6) is 0 Å². The van der Waals surface area contributed by atoms with Gasteiger partial charge in [0, 0.05) is 23.6 Å². The smallest absolute Gasteiger partial charge is 0.190 e. The molecule has 0 spiro atoms. The van der Waals surface area contributed by atoms with Crippen molar-refractivity contribution in [2.45, 2.75) is 70.2 Å². The molecule has 0 saturated heterocycles. The van der Waals surface area contributed by atoms with Gasteiger partial charge in [-0.2, -0.15) is 0 Å². The van der Waals surface area contributed by atoms with Crippen molar-refractivity contribution in [3.8, 4) is 0 Å². The Kier molecular flexibility index (Phi) is 7.59.